The number of likely N-dealkylation sites (tertiary alicyclic amines) is 1. The zero-order valence-corrected chi connectivity index (χ0v) is 13.4. The van der Waals surface area contributed by atoms with Gasteiger partial charge < -0.3 is 9.88 Å². The van der Waals surface area contributed by atoms with Crippen molar-refractivity contribution in [1.29, 1.82) is 0 Å². The lowest BCUT2D eigenvalue weighted by Crippen LogP contribution is -2.47. The lowest BCUT2D eigenvalue weighted by atomic mass is 10.0. The minimum Gasteiger partial charge on any atom is -0.342 e. The van der Waals surface area contributed by atoms with Crippen LogP contribution in [0.3, 0.4) is 0 Å². The molecule has 2 N–H and O–H groups in total. The van der Waals surface area contributed by atoms with E-state index >= 15 is 0 Å². The molecule has 1 saturated heterocycles. The lowest BCUT2D eigenvalue weighted by Gasteiger charge is -2.33. The van der Waals surface area contributed by atoms with Crippen LogP contribution < -0.4 is 4.72 Å². The first-order chi connectivity index (χ1) is 9.79. The van der Waals surface area contributed by atoms with Gasteiger partial charge >= 0.3 is 0 Å². The van der Waals surface area contributed by atoms with Crippen molar-refractivity contribution in [2.75, 3.05) is 13.1 Å². The molecule has 1 fully saturated rings. The predicted octanol–water partition coefficient (Wildman–Crippen LogP) is 0.643. The smallest absolute Gasteiger partial charge is 0.257 e. The third-order valence-electron chi connectivity index (χ3n) is 3.59. The molecule has 7 nitrogen and oxygen atoms in total. The monoisotopic (exact) mass is 314 g/mol. The van der Waals surface area contributed by atoms with Gasteiger partial charge in [0, 0.05) is 25.0 Å². The largest absolute Gasteiger partial charge is 0.342 e. The highest BCUT2D eigenvalue weighted by atomic mass is 32.2. The molecule has 0 spiro atoms. The van der Waals surface area contributed by atoms with Crippen molar-refractivity contribution in [3.8, 4) is 0 Å². The maximum atomic E-state index is 12.2. The molecule has 2 rings (SSSR count). The Kier molecular flexibility index (Phi) is 4.67. The third-order valence-corrected chi connectivity index (χ3v) is 5.02. The number of sulfonamides is 1. The molecule has 118 valence electrons. The number of aryl methyl sites for hydroxylation is 1. The number of aromatic amines is 1. The van der Waals surface area contributed by atoms with Gasteiger partial charge in [-0.1, -0.05) is 13.8 Å². The van der Waals surface area contributed by atoms with Crippen LogP contribution in [0.1, 0.15) is 32.5 Å². The van der Waals surface area contributed by atoms with Gasteiger partial charge in [-0.05, 0) is 19.8 Å². The SMILES string of the molecule is Cc1ncc(S(=O)(=O)NC2CCN(C(=O)C(C)C)CC2)[nH]1. The van der Waals surface area contributed by atoms with Crippen LogP contribution in [0.25, 0.3) is 0 Å². The number of H-pyrrole nitrogens is 1. The van der Waals surface area contributed by atoms with E-state index in [-0.39, 0.29) is 22.9 Å². The molecule has 21 heavy (non-hydrogen) atoms. The van der Waals surface area contributed by atoms with Crippen LogP contribution in [0.5, 0.6) is 0 Å². The number of carbonyl (C=O) groups is 1. The fourth-order valence-electron chi connectivity index (χ4n) is 2.40. The van der Waals surface area contributed by atoms with Gasteiger partial charge in [0.15, 0.2) is 5.03 Å². The summed E-state index contributed by atoms with van der Waals surface area (Å²) in [6.07, 6.45) is 2.57. The molecule has 1 aromatic heterocycles. The average Bonchev–Trinajstić information content (AvgIpc) is 2.86. The molecule has 0 aliphatic carbocycles. The van der Waals surface area contributed by atoms with Gasteiger partial charge in [-0.25, -0.2) is 18.1 Å². The maximum absolute atomic E-state index is 12.2. The number of hydrogen-bond acceptors (Lipinski definition) is 4. The summed E-state index contributed by atoms with van der Waals surface area (Å²) in [6, 6.07) is -0.144. The van der Waals surface area contributed by atoms with E-state index < -0.39 is 10.0 Å². The first-order valence-corrected chi connectivity index (χ1v) is 8.60. The number of nitrogens with zero attached hydrogens (tertiary/aromatic N) is 2. The molecule has 0 atom stereocenters. The summed E-state index contributed by atoms with van der Waals surface area (Å²) in [5.74, 6) is 0.666. The van der Waals surface area contributed by atoms with Crippen LogP contribution in [0.4, 0.5) is 0 Å². The molecule has 0 aromatic carbocycles. The van der Waals surface area contributed by atoms with Crippen molar-refractivity contribution in [2.24, 2.45) is 5.92 Å². The minimum absolute atomic E-state index is 0.0220. The van der Waals surface area contributed by atoms with Crippen molar-refractivity contribution < 1.29 is 13.2 Å². The van der Waals surface area contributed by atoms with Crippen molar-refractivity contribution in [2.45, 2.75) is 44.7 Å². The van der Waals surface area contributed by atoms with Gasteiger partial charge in [0.2, 0.25) is 5.91 Å². The van der Waals surface area contributed by atoms with Gasteiger partial charge in [0.1, 0.15) is 5.82 Å². The number of nitrogens with one attached hydrogen (secondary N) is 2. The van der Waals surface area contributed by atoms with Gasteiger partial charge in [0.05, 0.1) is 6.20 Å². The molecular weight excluding hydrogens is 292 g/mol. The third kappa shape index (κ3) is 3.82. The quantitative estimate of drug-likeness (QED) is 0.852. The molecule has 1 aliphatic rings. The highest BCUT2D eigenvalue weighted by molar-refractivity contribution is 7.89. The Labute approximate surface area is 125 Å². The van der Waals surface area contributed by atoms with E-state index in [1.54, 1.807) is 11.8 Å². The van der Waals surface area contributed by atoms with Gasteiger partial charge in [0.25, 0.3) is 10.0 Å². The van der Waals surface area contributed by atoms with Crippen LogP contribution >= 0.6 is 0 Å². The second kappa shape index (κ2) is 6.15. The Balaban J connectivity index is 1.93. The molecule has 2 heterocycles. The van der Waals surface area contributed by atoms with Crippen LogP contribution in [0, 0.1) is 12.8 Å². The zero-order chi connectivity index (χ0) is 15.6. The van der Waals surface area contributed by atoms with E-state index in [0.29, 0.717) is 31.8 Å². The molecular formula is C13H22N4O3S. The fourth-order valence-corrected chi connectivity index (χ4v) is 3.68. The van der Waals surface area contributed by atoms with Gasteiger partial charge in [-0.3, -0.25) is 4.79 Å². The zero-order valence-electron chi connectivity index (χ0n) is 12.6. The number of imidazole rings is 1. The summed E-state index contributed by atoms with van der Waals surface area (Å²) in [7, 11) is -3.56. The molecule has 0 saturated carbocycles. The number of aromatic nitrogens is 2. The van der Waals surface area contributed by atoms with Crippen molar-refractivity contribution in [3.05, 3.63) is 12.0 Å². The Bertz CT molecular complexity index is 601. The number of rotatable bonds is 4. The summed E-state index contributed by atoms with van der Waals surface area (Å²) in [4.78, 5) is 20.3. The lowest BCUT2D eigenvalue weighted by molar-refractivity contribution is -0.135. The van der Waals surface area contributed by atoms with Crippen LogP contribution in [0.2, 0.25) is 0 Å². The van der Waals surface area contributed by atoms with E-state index in [4.69, 9.17) is 0 Å². The van der Waals surface area contributed by atoms with Gasteiger partial charge in [-0.2, -0.15) is 0 Å². The summed E-state index contributed by atoms with van der Waals surface area (Å²) in [6.45, 7) is 6.63. The van der Waals surface area contributed by atoms with Crippen LogP contribution in [-0.4, -0.2) is 48.3 Å². The topological polar surface area (TPSA) is 95.2 Å². The molecule has 8 heteroatoms. The summed E-state index contributed by atoms with van der Waals surface area (Å²) < 4.78 is 27.0. The number of piperidine rings is 1. The predicted molar refractivity (Wildman–Crippen MR) is 78.1 cm³/mol. The average molecular weight is 314 g/mol. The normalized spacial score (nSPS) is 17.4. The van der Waals surface area contributed by atoms with Crippen LogP contribution in [-0.2, 0) is 14.8 Å². The Hall–Kier alpha value is -1.41. The second-order valence-corrected chi connectivity index (χ2v) is 7.39. The van der Waals surface area contributed by atoms with Crippen molar-refractivity contribution >= 4 is 15.9 Å². The Morgan fingerprint density at radius 1 is 1.43 bits per heavy atom. The highest BCUT2D eigenvalue weighted by Gasteiger charge is 2.28. The molecule has 0 unspecified atom stereocenters. The summed E-state index contributed by atoms with van der Waals surface area (Å²) in [5, 5.41) is 0.0840. The van der Waals surface area contributed by atoms with E-state index in [0.717, 1.165) is 0 Å². The minimum atomic E-state index is -3.56. The van der Waals surface area contributed by atoms with E-state index in [9.17, 15) is 13.2 Å². The second-order valence-electron chi connectivity index (χ2n) is 5.71. The Morgan fingerprint density at radius 3 is 2.52 bits per heavy atom. The number of amides is 1. The molecule has 1 aliphatic heterocycles. The van der Waals surface area contributed by atoms with E-state index in [1.807, 2.05) is 13.8 Å². The first kappa shape index (κ1) is 16.0. The standard InChI is InChI=1S/C13H22N4O3S/c1-9(2)13(18)17-6-4-11(5-7-17)16-21(19,20)12-8-14-10(3)15-12/h8-9,11,16H,4-7H2,1-3H3,(H,14,15). The number of hydrogen-bond donors (Lipinski definition) is 2. The van der Waals surface area contributed by atoms with Crippen LogP contribution in [0.15, 0.2) is 11.2 Å². The molecule has 0 bridgehead atoms. The number of carbonyl (C=O) groups excluding carboxylic acids is 1. The molecule has 0 radical (unpaired) electrons. The highest BCUT2D eigenvalue weighted by Crippen LogP contribution is 2.15. The first-order valence-electron chi connectivity index (χ1n) is 7.12. The Morgan fingerprint density at radius 2 is 2.05 bits per heavy atom. The van der Waals surface area contributed by atoms with E-state index in [1.165, 1.54) is 6.20 Å². The summed E-state index contributed by atoms with van der Waals surface area (Å²) >= 11 is 0. The van der Waals surface area contributed by atoms with Crippen molar-refractivity contribution in [1.82, 2.24) is 19.6 Å². The summed E-state index contributed by atoms with van der Waals surface area (Å²) in [5.41, 5.74) is 0. The van der Waals surface area contributed by atoms with E-state index in [2.05, 4.69) is 14.7 Å². The van der Waals surface area contributed by atoms with Gasteiger partial charge in [-0.15, -0.1) is 0 Å². The molecule has 1 amide bonds. The van der Waals surface area contributed by atoms with Crippen molar-refractivity contribution in [3.63, 3.8) is 0 Å². The fraction of sp³-hybridized carbons (Fsp3) is 0.692. The maximum Gasteiger partial charge on any atom is 0.257 e. The molecule has 1 aromatic rings.